The Morgan fingerprint density at radius 1 is 1.50 bits per heavy atom. The van der Waals surface area contributed by atoms with Gasteiger partial charge in [0.05, 0.1) is 11.4 Å². The van der Waals surface area contributed by atoms with Gasteiger partial charge in [-0.15, -0.1) is 0 Å². The van der Waals surface area contributed by atoms with Gasteiger partial charge in [-0.3, -0.25) is 4.79 Å². The zero-order chi connectivity index (χ0) is 13.1. The maximum atomic E-state index is 11.9. The van der Waals surface area contributed by atoms with Crippen LogP contribution in [0.3, 0.4) is 0 Å². The lowest BCUT2D eigenvalue weighted by Crippen LogP contribution is -2.49. The second-order valence-electron chi connectivity index (χ2n) is 4.66. The second kappa shape index (κ2) is 5.25. The lowest BCUT2D eigenvalue weighted by Gasteiger charge is -2.35. The largest absolute Gasteiger partial charge is 0.397 e. The molecule has 1 fully saturated rings. The van der Waals surface area contributed by atoms with E-state index < -0.39 is 0 Å². The quantitative estimate of drug-likeness (QED) is 0.821. The van der Waals surface area contributed by atoms with Gasteiger partial charge in [-0.2, -0.15) is 0 Å². The molecule has 1 saturated heterocycles. The van der Waals surface area contributed by atoms with Crippen LogP contribution >= 0.6 is 0 Å². The molecule has 1 aliphatic rings. The van der Waals surface area contributed by atoms with Crippen molar-refractivity contribution in [3.8, 4) is 0 Å². The Bertz CT molecular complexity index is 447. The minimum absolute atomic E-state index is 0.0611. The van der Waals surface area contributed by atoms with Gasteiger partial charge in [0.2, 0.25) is 5.91 Å². The molecule has 0 bridgehead atoms. The van der Waals surface area contributed by atoms with Crippen molar-refractivity contribution >= 4 is 17.4 Å². The van der Waals surface area contributed by atoms with E-state index in [4.69, 9.17) is 5.73 Å². The topological polar surface area (TPSA) is 71.2 Å². The van der Waals surface area contributed by atoms with E-state index in [-0.39, 0.29) is 11.9 Å². The molecular formula is C13H20N4O. The molecule has 1 unspecified atom stereocenters. The van der Waals surface area contributed by atoms with E-state index in [1.807, 2.05) is 19.1 Å². The average molecular weight is 248 g/mol. The van der Waals surface area contributed by atoms with Crippen LogP contribution in [0.4, 0.5) is 11.5 Å². The summed E-state index contributed by atoms with van der Waals surface area (Å²) < 4.78 is 0. The number of aromatic nitrogens is 1. The maximum Gasteiger partial charge on any atom is 0.242 e. The zero-order valence-corrected chi connectivity index (χ0v) is 10.9. The molecule has 5 heteroatoms. The SMILES string of the molecule is CNC(=O)C1CCCCN1c1ccc(N)c(C)n1. The Labute approximate surface area is 107 Å². The van der Waals surface area contributed by atoms with Gasteiger partial charge in [0.25, 0.3) is 0 Å². The van der Waals surface area contributed by atoms with Gasteiger partial charge in [-0.05, 0) is 38.3 Å². The second-order valence-corrected chi connectivity index (χ2v) is 4.66. The number of rotatable bonds is 2. The number of nitrogens with one attached hydrogen (secondary N) is 1. The minimum atomic E-state index is -0.112. The van der Waals surface area contributed by atoms with E-state index >= 15 is 0 Å². The summed E-state index contributed by atoms with van der Waals surface area (Å²) in [4.78, 5) is 18.5. The summed E-state index contributed by atoms with van der Waals surface area (Å²) in [6, 6.07) is 3.64. The van der Waals surface area contributed by atoms with Crippen LogP contribution in [0, 0.1) is 6.92 Å². The highest BCUT2D eigenvalue weighted by molar-refractivity contribution is 5.85. The van der Waals surface area contributed by atoms with Crippen LogP contribution in [0.25, 0.3) is 0 Å². The Hall–Kier alpha value is -1.78. The van der Waals surface area contributed by atoms with Crippen LogP contribution in [0.2, 0.25) is 0 Å². The number of anilines is 2. The lowest BCUT2D eigenvalue weighted by atomic mass is 10.0. The number of likely N-dealkylation sites (N-methyl/N-ethyl adjacent to an activating group) is 1. The van der Waals surface area contributed by atoms with E-state index in [9.17, 15) is 4.79 Å². The van der Waals surface area contributed by atoms with E-state index in [1.165, 1.54) is 0 Å². The third-order valence-corrected chi connectivity index (χ3v) is 3.46. The molecule has 0 saturated carbocycles. The lowest BCUT2D eigenvalue weighted by molar-refractivity contribution is -0.122. The molecule has 18 heavy (non-hydrogen) atoms. The number of nitrogens with zero attached hydrogens (tertiary/aromatic N) is 2. The maximum absolute atomic E-state index is 11.9. The predicted octanol–water partition coefficient (Wildman–Crippen LogP) is 1.08. The predicted molar refractivity (Wildman–Crippen MR) is 72.4 cm³/mol. The molecule has 2 heterocycles. The minimum Gasteiger partial charge on any atom is -0.397 e. The standard InChI is InChI=1S/C13H20N4O/c1-9-10(14)6-7-12(16-9)17-8-4-3-5-11(17)13(18)15-2/h6-7,11H,3-5,8,14H2,1-2H3,(H,15,18). The van der Waals surface area contributed by atoms with E-state index in [0.717, 1.165) is 37.3 Å². The summed E-state index contributed by atoms with van der Waals surface area (Å²) in [6.45, 7) is 2.76. The molecule has 3 N–H and O–H groups in total. The number of piperidine rings is 1. The van der Waals surface area contributed by atoms with Crippen LogP contribution in [0.15, 0.2) is 12.1 Å². The smallest absolute Gasteiger partial charge is 0.242 e. The first-order chi connectivity index (χ1) is 8.63. The molecule has 0 aliphatic carbocycles. The number of nitrogen functional groups attached to an aromatic ring is 1. The highest BCUT2D eigenvalue weighted by Crippen LogP contribution is 2.24. The highest BCUT2D eigenvalue weighted by Gasteiger charge is 2.28. The zero-order valence-electron chi connectivity index (χ0n) is 10.9. The van der Waals surface area contributed by atoms with Gasteiger partial charge < -0.3 is 16.0 Å². The molecule has 5 nitrogen and oxygen atoms in total. The fourth-order valence-electron chi connectivity index (χ4n) is 2.36. The molecular weight excluding hydrogens is 228 g/mol. The summed E-state index contributed by atoms with van der Waals surface area (Å²) in [6.07, 6.45) is 3.06. The summed E-state index contributed by atoms with van der Waals surface area (Å²) in [5, 5.41) is 2.73. The summed E-state index contributed by atoms with van der Waals surface area (Å²) in [5.74, 6) is 0.904. The van der Waals surface area contributed by atoms with Crippen LogP contribution in [-0.2, 0) is 4.79 Å². The van der Waals surface area contributed by atoms with Crippen molar-refractivity contribution < 1.29 is 4.79 Å². The van der Waals surface area contributed by atoms with Crippen molar-refractivity contribution in [2.45, 2.75) is 32.2 Å². The molecule has 1 aliphatic heterocycles. The van der Waals surface area contributed by atoms with Crippen molar-refractivity contribution in [3.05, 3.63) is 17.8 Å². The molecule has 0 radical (unpaired) electrons. The summed E-state index contributed by atoms with van der Waals surface area (Å²) >= 11 is 0. The van der Waals surface area contributed by atoms with E-state index in [1.54, 1.807) is 7.05 Å². The van der Waals surface area contributed by atoms with Gasteiger partial charge in [0, 0.05) is 13.6 Å². The number of amides is 1. The first-order valence-electron chi connectivity index (χ1n) is 6.35. The molecule has 1 amide bonds. The van der Waals surface area contributed by atoms with Gasteiger partial charge in [-0.25, -0.2) is 4.98 Å². The number of carbonyl (C=O) groups excluding carboxylic acids is 1. The van der Waals surface area contributed by atoms with Crippen molar-refractivity contribution in [1.29, 1.82) is 0 Å². The summed E-state index contributed by atoms with van der Waals surface area (Å²) in [5.41, 5.74) is 7.28. The van der Waals surface area contributed by atoms with Crippen LogP contribution in [-0.4, -0.2) is 30.5 Å². The van der Waals surface area contributed by atoms with Crippen LogP contribution < -0.4 is 16.0 Å². The van der Waals surface area contributed by atoms with Gasteiger partial charge in [0.15, 0.2) is 0 Å². The normalized spacial score (nSPS) is 19.7. The molecule has 1 atom stereocenters. The fraction of sp³-hybridized carbons (Fsp3) is 0.538. The first kappa shape index (κ1) is 12.7. The highest BCUT2D eigenvalue weighted by atomic mass is 16.2. The number of nitrogens with two attached hydrogens (primary N) is 1. The van der Waals surface area contributed by atoms with E-state index in [0.29, 0.717) is 5.69 Å². The van der Waals surface area contributed by atoms with Crippen molar-refractivity contribution in [2.24, 2.45) is 0 Å². The Morgan fingerprint density at radius 3 is 2.94 bits per heavy atom. The number of hydrogen-bond acceptors (Lipinski definition) is 4. The Kier molecular flexibility index (Phi) is 3.69. The number of hydrogen-bond donors (Lipinski definition) is 2. The average Bonchev–Trinajstić information content (AvgIpc) is 2.41. The van der Waals surface area contributed by atoms with Crippen molar-refractivity contribution in [1.82, 2.24) is 10.3 Å². The van der Waals surface area contributed by atoms with Crippen molar-refractivity contribution in [3.63, 3.8) is 0 Å². The van der Waals surface area contributed by atoms with Gasteiger partial charge >= 0.3 is 0 Å². The van der Waals surface area contributed by atoms with Crippen molar-refractivity contribution in [2.75, 3.05) is 24.2 Å². The molecule has 2 rings (SSSR count). The van der Waals surface area contributed by atoms with Crippen LogP contribution in [0.5, 0.6) is 0 Å². The number of carbonyl (C=O) groups is 1. The number of pyridine rings is 1. The number of aryl methyl sites for hydroxylation is 1. The fourth-order valence-corrected chi connectivity index (χ4v) is 2.36. The monoisotopic (exact) mass is 248 g/mol. The Balaban J connectivity index is 2.27. The van der Waals surface area contributed by atoms with Gasteiger partial charge in [-0.1, -0.05) is 0 Å². The van der Waals surface area contributed by atoms with E-state index in [2.05, 4.69) is 15.2 Å². The summed E-state index contributed by atoms with van der Waals surface area (Å²) in [7, 11) is 1.68. The molecule has 1 aromatic rings. The third kappa shape index (κ3) is 2.39. The first-order valence-corrected chi connectivity index (χ1v) is 6.35. The molecule has 98 valence electrons. The Morgan fingerprint density at radius 2 is 2.28 bits per heavy atom. The molecule has 0 spiro atoms. The van der Waals surface area contributed by atoms with Gasteiger partial charge in [0.1, 0.15) is 11.9 Å². The van der Waals surface area contributed by atoms with Crippen LogP contribution in [0.1, 0.15) is 25.0 Å². The third-order valence-electron chi connectivity index (χ3n) is 3.46. The molecule has 1 aromatic heterocycles. The molecule has 0 aromatic carbocycles.